The van der Waals surface area contributed by atoms with E-state index >= 15 is 0 Å². The first-order chi connectivity index (χ1) is 35.2. The fourth-order valence-electron chi connectivity index (χ4n) is 7.99. The summed E-state index contributed by atoms with van der Waals surface area (Å²) in [4.78, 5) is 48.5. The van der Waals surface area contributed by atoms with E-state index in [0.29, 0.717) is 19.3 Å². The van der Waals surface area contributed by atoms with Crippen LogP contribution in [0.25, 0.3) is 0 Å². The molecule has 0 fully saturated rings. The van der Waals surface area contributed by atoms with E-state index in [-0.39, 0.29) is 25.9 Å². The maximum atomic E-state index is 12.9. The number of esters is 3. The van der Waals surface area contributed by atoms with Crippen molar-refractivity contribution in [3.63, 3.8) is 0 Å². The Morgan fingerprint density at radius 2 is 0.722 bits per heavy atom. The maximum Gasteiger partial charge on any atom is 0.472 e. The number of phosphoric ester groups is 1. The number of rotatable bonds is 54. The summed E-state index contributed by atoms with van der Waals surface area (Å²) >= 11 is 0. The Bertz CT molecular complexity index is 1440. The summed E-state index contributed by atoms with van der Waals surface area (Å²) in [5.41, 5.74) is 0. The average molecular weight is 1040 g/mol. The van der Waals surface area contributed by atoms with Gasteiger partial charge in [0.05, 0.1) is 19.8 Å². The first-order valence-corrected chi connectivity index (χ1v) is 30.7. The van der Waals surface area contributed by atoms with Crippen LogP contribution in [-0.4, -0.2) is 66.5 Å². The lowest BCUT2D eigenvalue weighted by Crippen LogP contribution is -2.30. The molecular formula is C60H107O11P. The average Bonchev–Trinajstić information content (AvgIpc) is 3.37. The number of unbranched alkanes of at least 4 members (excludes halogenated alkanes) is 27. The zero-order chi connectivity index (χ0) is 52.7. The SMILES string of the molecule is CC/C=C\C/C=C\C/C=C\C/C=C\CCCCCCCCC(=O)OCC(COP(=O)(O)OCC(CO)OC(=O)CCCCCCCCCCC)OC(=O)CCCCCCCCC/C=C\CCCCCCCC. The van der Waals surface area contributed by atoms with Gasteiger partial charge in [-0.2, -0.15) is 0 Å². The lowest BCUT2D eigenvalue weighted by molar-refractivity contribution is -0.161. The van der Waals surface area contributed by atoms with E-state index in [1.54, 1.807) is 0 Å². The topological polar surface area (TPSA) is 155 Å². The number of aliphatic hydroxyl groups is 1. The third-order valence-corrected chi connectivity index (χ3v) is 13.4. The van der Waals surface area contributed by atoms with Gasteiger partial charge in [-0.15, -0.1) is 0 Å². The Morgan fingerprint density at radius 1 is 0.403 bits per heavy atom. The number of allylic oxidation sites excluding steroid dienone is 10. The minimum Gasteiger partial charge on any atom is -0.462 e. The number of carbonyl (C=O) groups is 3. The highest BCUT2D eigenvalue weighted by Gasteiger charge is 2.28. The minimum absolute atomic E-state index is 0.160. The zero-order valence-electron chi connectivity index (χ0n) is 46.1. The van der Waals surface area contributed by atoms with E-state index in [2.05, 4.69) is 81.5 Å². The van der Waals surface area contributed by atoms with E-state index in [1.807, 2.05) is 0 Å². The van der Waals surface area contributed by atoms with Crippen molar-refractivity contribution >= 4 is 25.7 Å². The number of hydrogen-bond donors (Lipinski definition) is 2. The van der Waals surface area contributed by atoms with Crippen molar-refractivity contribution in [2.45, 2.75) is 277 Å². The van der Waals surface area contributed by atoms with Crippen LogP contribution in [-0.2, 0) is 42.2 Å². The Labute approximate surface area is 440 Å². The van der Waals surface area contributed by atoms with Crippen LogP contribution in [0.1, 0.15) is 265 Å². The van der Waals surface area contributed by atoms with E-state index in [4.69, 9.17) is 23.3 Å². The van der Waals surface area contributed by atoms with Crippen LogP contribution in [0, 0.1) is 0 Å². The molecule has 0 radical (unpaired) electrons. The Morgan fingerprint density at radius 3 is 1.12 bits per heavy atom. The van der Waals surface area contributed by atoms with Gasteiger partial charge in [0.2, 0.25) is 0 Å². The van der Waals surface area contributed by atoms with Crippen molar-refractivity contribution in [1.82, 2.24) is 0 Å². The van der Waals surface area contributed by atoms with Gasteiger partial charge in [-0.25, -0.2) is 4.57 Å². The van der Waals surface area contributed by atoms with Gasteiger partial charge in [0.15, 0.2) is 6.10 Å². The predicted molar refractivity (Wildman–Crippen MR) is 298 cm³/mol. The molecule has 0 aromatic carbocycles. The molecule has 0 saturated carbocycles. The fourth-order valence-corrected chi connectivity index (χ4v) is 8.77. The molecule has 3 unspecified atom stereocenters. The summed E-state index contributed by atoms with van der Waals surface area (Å²) in [5.74, 6) is -1.48. The molecule has 0 aromatic heterocycles. The Kier molecular flexibility index (Phi) is 52.3. The van der Waals surface area contributed by atoms with Gasteiger partial charge in [-0.3, -0.25) is 23.4 Å². The molecule has 0 heterocycles. The molecule has 0 bridgehead atoms. The lowest BCUT2D eigenvalue weighted by Gasteiger charge is -2.21. The van der Waals surface area contributed by atoms with Crippen molar-refractivity contribution in [3.05, 3.63) is 60.8 Å². The van der Waals surface area contributed by atoms with Gasteiger partial charge in [-0.1, -0.05) is 223 Å². The number of hydrogen-bond acceptors (Lipinski definition) is 10. The predicted octanol–water partition coefficient (Wildman–Crippen LogP) is 17.1. The van der Waals surface area contributed by atoms with Crippen LogP contribution in [0.4, 0.5) is 0 Å². The molecule has 0 aliphatic rings. The van der Waals surface area contributed by atoms with Gasteiger partial charge >= 0.3 is 25.7 Å². The molecule has 3 atom stereocenters. The van der Waals surface area contributed by atoms with Gasteiger partial charge in [0.1, 0.15) is 12.7 Å². The second-order valence-corrected chi connectivity index (χ2v) is 20.9. The van der Waals surface area contributed by atoms with E-state index in [9.17, 15) is 28.9 Å². The highest BCUT2D eigenvalue weighted by Crippen LogP contribution is 2.43. The molecule has 11 nitrogen and oxygen atoms in total. The van der Waals surface area contributed by atoms with Crippen molar-refractivity contribution in [3.8, 4) is 0 Å². The van der Waals surface area contributed by atoms with Crippen molar-refractivity contribution in [2.24, 2.45) is 0 Å². The van der Waals surface area contributed by atoms with Crippen LogP contribution < -0.4 is 0 Å². The smallest absolute Gasteiger partial charge is 0.462 e. The molecule has 2 N–H and O–H groups in total. The van der Waals surface area contributed by atoms with Gasteiger partial charge < -0.3 is 24.2 Å². The molecule has 0 aliphatic heterocycles. The Balaban J connectivity index is 4.73. The van der Waals surface area contributed by atoms with Gasteiger partial charge in [0, 0.05) is 19.3 Å². The summed E-state index contributed by atoms with van der Waals surface area (Å²) < 4.78 is 39.5. The molecule has 0 saturated heterocycles. The molecule has 0 aromatic rings. The monoisotopic (exact) mass is 1030 g/mol. The van der Waals surface area contributed by atoms with Gasteiger partial charge in [0.25, 0.3) is 0 Å². The molecule has 72 heavy (non-hydrogen) atoms. The van der Waals surface area contributed by atoms with E-state index < -0.39 is 57.8 Å². The van der Waals surface area contributed by atoms with Crippen LogP contribution in [0.3, 0.4) is 0 Å². The summed E-state index contributed by atoms with van der Waals surface area (Å²) in [7, 11) is -4.75. The first-order valence-electron chi connectivity index (χ1n) is 29.2. The largest absolute Gasteiger partial charge is 0.472 e. The van der Waals surface area contributed by atoms with Gasteiger partial charge in [-0.05, 0) is 83.5 Å². The third kappa shape index (κ3) is 52.1. The maximum absolute atomic E-state index is 12.9. The quantitative estimate of drug-likeness (QED) is 0.0197. The van der Waals surface area contributed by atoms with Crippen LogP contribution in [0.2, 0.25) is 0 Å². The zero-order valence-corrected chi connectivity index (χ0v) is 47.0. The van der Waals surface area contributed by atoms with E-state index in [0.717, 1.165) is 116 Å². The molecular weight excluding hydrogens is 928 g/mol. The molecule has 418 valence electrons. The number of ether oxygens (including phenoxy) is 3. The highest BCUT2D eigenvalue weighted by atomic mass is 31.2. The second kappa shape index (κ2) is 54.4. The second-order valence-electron chi connectivity index (χ2n) is 19.4. The van der Waals surface area contributed by atoms with Crippen molar-refractivity contribution in [1.29, 1.82) is 0 Å². The molecule has 0 amide bonds. The summed E-state index contributed by atoms with van der Waals surface area (Å²) in [6, 6.07) is 0. The minimum atomic E-state index is -4.75. The highest BCUT2D eigenvalue weighted by molar-refractivity contribution is 7.47. The number of phosphoric acid groups is 1. The Hall–Kier alpha value is -2.82. The molecule has 0 spiro atoms. The van der Waals surface area contributed by atoms with Crippen LogP contribution in [0.5, 0.6) is 0 Å². The summed E-state index contributed by atoms with van der Waals surface area (Å²) in [5, 5.41) is 9.77. The normalized spacial score (nSPS) is 13.8. The van der Waals surface area contributed by atoms with E-state index in [1.165, 1.54) is 89.9 Å². The van der Waals surface area contributed by atoms with Crippen LogP contribution >= 0.6 is 7.82 Å². The number of aliphatic hydroxyl groups excluding tert-OH is 1. The van der Waals surface area contributed by atoms with Crippen molar-refractivity contribution < 1.29 is 52.2 Å². The molecule has 0 aliphatic carbocycles. The molecule has 12 heteroatoms. The van der Waals surface area contributed by atoms with Crippen molar-refractivity contribution in [2.75, 3.05) is 26.4 Å². The first kappa shape index (κ1) is 69.2. The van der Waals surface area contributed by atoms with Crippen LogP contribution in [0.15, 0.2) is 60.8 Å². The fraction of sp³-hybridized carbons (Fsp3) is 0.783. The third-order valence-electron chi connectivity index (χ3n) is 12.4. The summed E-state index contributed by atoms with van der Waals surface area (Å²) in [6.07, 6.45) is 59.0. The number of carbonyl (C=O) groups excluding carboxylic acids is 3. The lowest BCUT2D eigenvalue weighted by atomic mass is 10.1. The standard InChI is InChI=1S/C60H107O11P/c1-4-7-10-13-16-19-21-23-25-27-28-30-31-33-35-38-40-43-46-49-58(62)67-53-57(71-60(64)51-48-45-42-39-36-34-32-29-26-24-22-20-17-14-11-8-5-2)55-69-72(65,66)68-54-56(52-61)70-59(63)50-47-44-41-37-18-15-12-9-6-3/h7,10,16,19,23-26,28,30,56-57,61H,4-6,8-9,11-15,17-18,20-22,27,29,31-55H2,1-3H3,(H,65,66)/b10-7-,19-16-,25-23-,26-24-,30-28-. The summed E-state index contributed by atoms with van der Waals surface area (Å²) in [6.45, 7) is 4.50. The molecule has 0 rings (SSSR count).